The highest BCUT2D eigenvalue weighted by Crippen LogP contribution is 2.42. The average molecular weight is 308 g/mol. The van der Waals surface area contributed by atoms with E-state index < -0.39 is 0 Å². The van der Waals surface area contributed by atoms with Crippen LogP contribution in [-0.2, 0) is 5.41 Å². The maximum atomic E-state index is 2.33. The molecule has 5 rings (SSSR count). The van der Waals surface area contributed by atoms with Gasteiger partial charge in [-0.2, -0.15) is 0 Å². The molecule has 0 aromatic heterocycles. The summed E-state index contributed by atoms with van der Waals surface area (Å²) in [6.07, 6.45) is 0. The molecule has 0 spiro atoms. The molecule has 0 unspecified atom stereocenters. The van der Waals surface area contributed by atoms with Crippen molar-refractivity contribution in [2.24, 2.45) is 0 Å². The van der Waals surface area contributed by atoms with Crippen LogP contribution < -0.4 is 0 Å². The third-order valence-electron chi connectivity index (χ3n) is 5.33. The second-order valence-corrected chi connectivity index (χ2v) is 7.85. The van der Waals surface area contributed by atoms with Crippen molar-refractivity contribution >= 4 is 43.1 Å². The number of hydrogen-bond acceptors (Lipinski definition) is 0. The number of rotatable bonds is 0. The SMILES string of the molecule is CC(C)(C)c1ccc2c3cccc4cccc(c5cccc1c52)c43. The summed E-state index contributed by atoms with van der Waals surface area (Å²) in [5.41, 5.74) is 1.56. The first-order chi connectivity index (χ1) is 11.6. The molecule has 0 aliphatic heterocycles. The highest BCUT2D eigenvalue weighted by atomic mass is 14.2. The lowest BCUT2D eigenvalue weighted by atomic mass is 9.80. The lowest BCUT2D eigenvalue weighted by Crippen LogP contribution is -2.11. The molecule has 0 saturated heterocycles. The minimum Gasteiger partial charge on any atom is -0.0610 e. The summed E-state index contributed by atoms with van der Waals surface area (Å²) in [6.45, 7) is 6.90. The Bertz CT molecular complexity index is 1170. The van der Waals surface area contributed by atoms with Crippen molar-refractivity contribution in [3.63, 3.8) is 0 Å². The van der Waals surface area contributed by atoms with Gasteiger partial charge in [0.1, 0.15) is 0 Å². The van der Waals surface area contributed by atoms with Crippen LogP contribution in [0.1, 0.15) is 26.3 Å². The van der Waals surface area contributed by atoms with Crippen LogP contribution in [0.2, 0.25) is 0 Å². The normalized spacial score (nSPS) is 12.8. The van der Waals surface area contributed by atoms with Crippen molar-refractivity contribution in [1.82, 2.24) is 0 Å². The zero-order valence-corrected chi connectivity index (χ0v) is 14.4. The van der Waals surface area contributed by atoms with Crippen LogP contribution in [0.4, 0.5) is 0 Å². The lowest BCUT2D eigenvalue weighted by Gasteiger charge is -2.23. The topological polar surface area (TPSA) is 0 Å². The van der Waals surface area contributed by atoms with Crippen LogP contribution >= 0.6 is 0 Å². The summed E-state index contributed by atoms with van der Waals surface area (Å²) >= 11 is 0. The zero-order valence-electron chi connectivity index (χ0n) is 14.4. The second kappa shape index (κ2) is 4.48. The Morgan fingerprint density at radius 2 is 1.00 bits per heavy atom. The minimum absolute atomic E-state index is 0.139. The van der Waals surface area contributed by atoms with Crippen LogP contribution in [0.3, 0.4) is 0 Å². The predicted octanol–water partition coefficient (Wildman–Crippen LogP) is 7.03. The molecule has 5 aromatic rings. The number of fused-ring (bicyclic) bond motifs is 2. The Morgan fingerprint density at radius 1 is 0.500 bits per heavy atom. The summed E-state index contributed by atoms with van der Waals surface area (Å²) in [5, 5.41) is 11.0. The van der Waals surface area contributed by atoms with E-state index in [1.807, 2.05) is 0 Å². The van der Waals surface area contributed by atoms with Gasteiger partial charge in [0, 0.05) is 0 Å². The van der Waals surface area contributed by atoms with Crippen molar-refractivity contribution in [3.05, 3.63) is 72.3 Å². The first kappa shape index (κ1) is 13.8. The van der Waals surface area contributed by atoms with E-state index in [0.29, 0.717) is 0 Å². The third-order valence-corrected chi connectivity index (χ3v) is 5.33. The molecular weight excluding hydrogens is 288 g/mol. The average Bonchev–Trinajstić information content (AvgIpc) is 2.58. The largest absolute Gasteiger partial charge is 0.0610 e. The molecule has 0 N–H and O–H groups in total. The van der Waals surface area contributed by atoms with Crippen molar-refractivity contribution < 1.29 is 0 Å². The molecule has 0 saturated carbocycles. The van der Waals surface area contributed by atoms with Crippen LogP contribution in [0, 0.1) is 0 Å². The standard InChI is InChI=1S/C24H20/c1-24(2,3)21-14-13-19-17-10-5-8-15-7-4-9-16(22(15)17)18-11-6-12-20(21)23(18)19/h4-14H,1-3H3. The third kappa shape index (κ3) is 1.69. The van der Waals surface area contributed by atoms with Crippen molar-refractivity contribution in [2.75, 3.05) is 0 Å². The highest BCUT2D eigenvalue weighted by Gasteiger charge is 2.20. The van der Waals surface area contributed by atoms with Gasteiger partial charge in [-0.3, -0.25) is 0 Å². The molecule has 0 heterocycles. The Morgan fingerprint density at radius 3 is 1.62 bits per heavy atom. The van der Waals surface area contributed by atoms with Crippen molar-refractivity contribution in [2.45, 2.75) is 26.2 Å². The molecule has 116 valence electrons. The molecule has 24 heavy (non-hydrogen) atoms. The Labute approximate surface area is 142 Å². The molecule has 0 aliphatic carbocycles. The van der Waals surface area contributed by atoms with E-state index in [-0.39, 0.29) is 5.41 Å². The first-order valence-corrected chi connectivity index (χ1v) is 8.64. The molecule has 5 aromatic carbocycles. The fourth-order valence-electron chi connectivity index (χ4n) is 4.30. The van der Waals surface area contributed by atoms with Gasteiger partial charge in [0.2, 0.25) is 0 Å². The predicted molar refractivity (Wildman–Crippen MR) is 106 cm³/mol. The van der Waals surface area contributed by atoms with Crippen molar-refractivity contribution in [3.8, 4) is 0 Å². The number of hydrogen-bond donors (Lipinski definition) is 0. The van der Waals surface area contributed by atoms with Crippen LogP contribution in [0.5, 0.6) is 0 Å². The second-order valence-electron chi connectivity index (χ2n) is 7.85. The zero-order chi connectivity index (χ0) is 16.5. The van der Waals surface area contributed by atoms with E-state index >= 15 is 0 Å². The summed E-state index contributed by atoms with van der Waals surface area (Å²) in [5.74, 6) is 0. The fraction of sp³-hybridized carbons (Fsp3) is 0.167. The maximum Gasteiger partial charge on any atom is -0.00234 e. The Balaban J connectivity index is 2.16. The highest BCUT2D eigenvalue weighted by molar-refractivity contribution is 6.33. The van der Waals surface area contributed by atoms with Crippen molar-refractivity contribution in [1.29, 1.82) is 0 Å². The summed E-state index contributed by atoms with van der Waals surface area (Å²) in [7, 11) is 0. The summed E-state index contributed by atoms with van der Waals surface area (Å²) in [6, 6.07) is 24.8. The molecule has 0 bridgehead atoms. The van der Waals surface area contributed by atoms with Gasteiger partial charge in [0.25, 0.3) is 0 Å². The molecule has 0 nitrogen and oxygen atoms in total. The number of benzene rings is 5. The quantitative estimate of drug-likeness (QED) is 0.213. The molecule has 0 atom stereocenters. The van der Waals surface area contributed by atoms with Gasteiger partial charge >= 0.3 is 0 Å². The van der Waals surface area contributed by atoms with E-state index in [1.54, 1.807) is 0 Å². The van der Waals surface area contributed by atoms with Gasteiger partial charge in [-0.25, -0.2) is 0 Å². The van der Waals surface area contributed by atoms with E-state index in [4.69, 9.17) is 0 Å². The minimum atomic E-state index is 0.139. The smallest absolute Gasteiger partial charge is 0.00234 e. The molecule has 0 amide bonds. The molecular formula is C24H20. The first-order valence-electron chi connectivity index (χ1n) is 8.64. The lowest BCUT2D eigenvalue weighted by molar-refractivity contribution is 0.596. The Hall–Kier alpha value is -2.60. The Kier molecular flexibility index (Phi) is 2.58. The maximum absolute atomic E-state index is 2.33. The van der Waals surface area contributed by atoms with E-state index in [0.717, 1.165) is 0 Å². The van der Waals surface area contributed by atoms with Crippen LogP contribution in [0.15, 0.2) is 66.7 Å². The van der Waals surface area contributed by atoms with Gasteiger partial charge in [-0.05, 0) is 54.1 Å². The van der Waals surface area contributed by atoms with Gasteiger partial charge in [-0.15, -0.1) is 0 Å². The van der Waals surface area contributed by atoms with E-state index in [2.05, 4.69) is 87.5 Å². The van der Waals surface area contributed by atoms with Crippen LogP contribution in [-0.4, -0.2) is 0 Å². The summed E-state index contributed by atoms with van der Waals surface area (Å²) < 4.78 is 0. The summed E-state index contributed by atoms with van der Waals surface area (Å²) in [4.78, 5) is 0. The van der Waals surface area contributed by atoms with E-state index in [1.165, 1.54) is 48.7 Å². The van der Waals surface area contributed by atoms with Crippen LogP contribution in [0.25, 0.3) is 43.1 Å². The fourth-order valence-corrected chi connectivity index (χ4v) is 4.30. The van der Waals surface area contributed by atoms with Gasteiger partial charge in [0.15, 0.2) is 0 Å². The van der Waals surface area contributed by atoms with Gasteiger partial charge in [-0.1, -0.05) is 87.5 Å². The van der Waals surface area contributed by atoms with Gasteiger partial charge < -0.3 is 0 Å². The molecule has 0 aliphatic rings. The monoisotopic (exact) mass is 308 g/mol. The molecule has 0 radical (unpaired) electrons. The van der Waals surface area contributed by atoms with E-state index in [9.17, 15) is 0 Å². The van der Waals surface area contributed by atoms with Gasteiger partial charge in [0.05, 0.1) is 0 Å². The molecule has 0 fully saturated rings. The molecule has 0 heteroatoms.